The van der Waals surface area contributed by atoms with Crippen molar-refractivity contribution >= 4 is 0 Å². The first-order valence-corrected chi connectivity index (χ1v) is 4.89. The summed E-state index contributed by atoms with van der Waals surface area (Å²) in [6, 6.07) is 0.166. The molecule has 1 atom stereocenters. The lowest BCUT2D eigenvalue weighted by molar-refractivity contribution is -0.00964. The van der Waals surface area contributed by atoms with E-state index in [1.165, 1.54) is 0 Å². The molecule has 0 spiro atoms. The summed E-state index contributed by atoms with van der Waals surface area (Å²) in [5, 5.41) is 3.28. The topological polar surface area (TPSA) is 21.3 Å². The molecule has 2 nitrogen and oxygen atoms in total. The Kier molecular flexibility index (Phi) is 5.77. The number of hydrogen-bond donors (Lipinski definition) is 1. The molecule has 0 radical (unpaired) electrons. The van der Waals surface area contributed by atoms with Crippen molar-refractivity contribution in [3.05, 3.63) is 0 Å². The molecule has 0 amide bonds. The lowest BCUT2D eigenvalue weighted by Gasteiger charge is -2.26. The van der Waals surface area contributed by atoms with Gasteiger partial charge in [0, 0.05) is 13.2 Å². The summed E-state index contributed by atoms with van der Waals surface area (Å²) in [5.74, 6) is 2.70. The van der Waals surface area contributed by atoms with Gasteiger partial charge in [-0.2, -0.15) is 0 Å². The molecule has 0 aliphatic rings. The normalized spacial score (nSPS) is 13.8. The van der Waals surface area contributed by atoms with Crippen LogP contribution >= 0.6 is 0 Å². The molecule has 0 saturated carbocycles. The molecule has 13 heavy (non-hydrogen) atoms. The average molecular weight is 183 g/mol. The second-order valence-corrected chi connectivity index (χ2v) is 3.70. The van der Waals surface area contributed by atoms with Crippen molar-refractivity contribution in [2.75, 3.05) is 13.2 Å². The molecule has 0 aromatic carbocycles. The first-order chi connectivity index (χ1) is 6.05. The zero-order chi connectivity index (χ0) is 10.3. The predicted octanol–water partition coefficient (Wildman–Crippen LogP) is 1.80. The maximum absolute atomic E-state index is 5.54. The highest BCUT2D eigenvalue weighted by Crippen LogP contribution is 2.07. The summed E-state index contributed by atoms with van der Waals surface area (Å²) in [7, 11) is 0. The molecule has 0 saturated heterocycles. The van der Waals surface area contributed by atoms with Crippen LogP contribution in [-0.2, 0) is 4.74 Å². The van der Waals surface area contributed by atoms with Crippen LogP contribution in [0.4, 0.5) is 0 Å². The van der Waals surface area contributed by atoms with E-state index in [0.717, 1.165) is 19.6 Å². The van der Waals surface area contributed by atoms with E-state index in [1.807, 2.05) is 6.92 Å². The first-order valence-electron chi connectivity index (χ1n) is 4.89. The number of hydrogen-bond acceptors (Lipinski definition) is 2. The van der Waals surface area contributed by atoms with E-state index in [2.05, 4.69) is 32.0 Å². The van der Waals surface area contributed by atoms with E-state index in [-0.39, 0.29) is 11.6 Å². The van der Waals surface area contributed by atoms with Gasteiger partial charge in [-0.1, -0.05) is 12.8 Å². The molecule has 2 heteroatoms. The van der Waals surface area contributed by atoms with E-state index in [1.54, 1.807) is 0 Å². The highest BCUT2D eigenvalue weighted by atomic mass is 16.5. The van der Waals surface area contributed by atoms with Gasteiger partial charge >= 0.3 is 0 Å². The Balaban J connectivity index is 3.80. The smallest absolute Gasteiger partial charge is 0.0750 e. The summed E-state index contributed by atoms with van der Waals surface area (Å²) >= 11 is 0. The van der Waals surface area contributed by atoms with E-state index in [9.17, 15) is 0 Å². The molecule has 0 rings (SSSR count). The van der Waals surface area contributed by atoms with Crippen LogP contribution in [0.25, 0.3) is 0 Å². The minimum atomic E-state index is -0.126. The van der Waals surface area contributed by atoms with Crippen molar-refractivity contribution in [2.24, 2.45) is 0 Å². The van der Waals surface area contributed by atoms with Crippen LogP contribution in [0, 0.1) is 12.3 Å². The van der Waals surface area contributed by atoms with Gasteiger partial charge in [-0.15, -0.1) is 6.42 Å². The maximum atomic E-state index is 5.54. The quantitative estimate of drug-likeness (QED) is 0.634. The van der Waals surface area contributed by atoms with Crippen molar-refractivity contribution in [3.63, 3.8) is 0 Å². The summed E-state index contributed by atoms with van der Waals surface area (Å²) in [6.07, 6.45) is 6.29. The van der Waals surface area contributed by atoms with Crippen molar-refractivity contribution < 1.29 is 4.74 Å². The van der Waals surface area contributed by atoms with Crippen molar-refractivity contribution in [1.82, 2.24) is 5.32 Å². The van der Waals surface area contributed by atoms with Crippen LogP contribution in [-0.4, -0.2) is 24.8 Å². The van der Waals surface area contributed by atoms with Gasteiger partial charge in [-0.3, -0.25) is 0 Å². The lowest BCUT2D eigenvalue weighted by atomic mass is 10.1. The van der Waals surface area contributed by atoms with Gasteiger partial charge in [0.15, 0.2) is 0 Å². The second-order valence-electron chi connectivity index (χ2n) is 3.70. The fourth-order valence-electron chi connectivity index (χ4n) is 1.13. The van der Waals surface area contributed by atoms with Crippen molar-refractivity contribution in [2.45, 2.75) is 45.8 Å². The zero-order valence-corrected chi connectivity index (χ0v) is 9.18. The second kappa shape index (κ2) is 6.01. The van der Waals surface area contributed by atoms with Gasteiger partial charge in [0.2, 0.25) is 0 Å². The Labute approximate surface area is 82.1 Å². The molecule has 76 valence electrons. The molecule has 0 aliphatic heterocycles. The van der Waals surface area contributed by atoms with E-state index in [4.69, 9.17) is 11.2 Å². The zero-order valence-electron chi connectivity index (χ0n) is 9.18. The summed E-state index contributed by atoms with van der Waals surface area (Å²) < 4.78 is 5.54. The largest absolute Gasteiger partial charge is 0.375 e. The molecule has 0 heterocycles. The Bertz CT molecular complexity index is 169. The van der Waals surface area contributed by atoms with E-state index < -0.39 is 0 Å². The third-order valence-corrected chi connectivity index (χ3v) is 1.92. The molecule has 1 unspecified atom stereocenters. The molecule has 0 aromatic heterocycles. The molecular formula is C11H21NO. The van der Waals surface area contributed by atoms with Gasteiger partial charge in [0.05, 0.1) is 11.6 Å². The van der Waals surface area contributed by atoms with Crippen LogP contribution in [0.1, 0.15) is 34.1 Å². The van der Waals surface area contributed by atoms with E-state index in [0.29, 0.717) is 0 Å². The predicted molar refractivity (Wildman–Crippen MR) is 56.6 cm³/mol. The van der Waals surface area contributed by atoms with Gasteiger partial charge in [-0.05, 0) is 27.2 Å². The Morgan fingerprint density at radius 2 is 2.08 bits per heavy atom. The highest BCUT2D eigenvalue weighted by molar-refractivity contribution is 4.98. The van der Waals surface area contributed by atoms with Crippen LogP contribution in [0.5, 0.6) is 0 Å². The average Bonchev–Trinajstić information content (AvgIpc) is 2.06. The number of nitrogens with one attached hydrogen (secondary N) is 1. The monoisotopic (exact) mass is 183 g/mol. The van der Waals surface area contributed by atoms with Gasteiger partial charge in [-0.25, -0.2) is 0 Å². The fourth-order valence-corrected chi connectivity index (χ4v) is 1.13. The maximum Gasteiger partial charge on any atom is 0.0750 e. The Morgan fingerprint density at radius 3 is 2.46 bits per heavy atom. The van der Waals surface area contributed by atoms with Gasteiger partial charge < -0.3 is 10.1 Å². The van der Waals surface area contributed by atoms with Crippen LogP contribution in [0.15, 0.2) is 0 Å². The minimum absolute atomic E-state index is 0.126. The number of terminal acetylenes is 1. The SMILES string of the molecule is C#CC(CC)NCC(C)(C)OCC. The molecule has 0 bridgehead atoms. The molecule has 0 fully saturated rings. The third kappa shape index (κ3) is 5.68. The van der Waals surface area contributed by atoms with Crippen LogP contribution in [0.2, 0.25) is 0 Å². The Hall–Kier alpha value is -0.520. The van der Waals surface area contributed by atoms with Gasteiger partial charge in [0.25, 0.3) is 0 Å². The number of ether oxygens (including phenoxy) is 1. The highest BCUT2D eigenvalue weighted by Gasteiger charge is 2.17. The Morgan fingerprint density at radius 1 is 1.46 bits per heavy atom. The third-order valence-electron chi connectivity index (χ3n) is 1.92. The summed E-state index contributed by atoms with van der Waals surface area (Å²) in [4.78, 5) is 0. The van der Waals surface area contributed by atoms with Gasteiger partial charge in [0.1, 0.15) is 0 Å². The van der Waals surface area contributed by atoms with Crippen molar-refractivity contribution in [1.29, 1.82) is 0 Å². The van der Waals surface area contributed by atoms with Crippen molar-refractivity contribution in [3.8, 4) is 12.3 Å². The lowest BCUT2D eigenvalue weighted by Crippen LogP contribution is -2.41. The first kappa shape index (κ1) is 12.5. The molecule has 0 aliphatic carbocycles. The number of rotatable bonds is 6. The molecule has 0 aromatic rings. The molecule has 1 N–H and O–H groups in total. The molecular weight excluding hydrogens is 162 g/mol. The fraction of sp³-hybridized carbons (Fsp3) is 0.818. The summed E-state index contributed by atoms with van der Waals surface area (Å²) in [6.45, 7) is 9.73. The summed E-state index contributed by atoms with van der Waals surface area (Å²) in [5.41, 5.74) is -0.126. The minimum Gasteiger partial charge on any atom is -0.375 e. The van der Waals surface area contributed by atoms with E-state index >= 15 is 0 Å². The standard InChI is InChI=1S/C11H21NO/c1-6-10(7-2)12-9-11(4,5)13-8-3/h1,10,12H,7-9H2,2-5H3. The van der Waals surface area contributed by atoms with Crippen LogP contribution in [0.3, 0.4) is 0 Å². The van der Waals surface area contributed by atoms with Crippen LogP contribution < -0.4 is 5.32 Å².